The molecule has 25 heavy (non-hydrogen) atoms. The van der Waals surface area contributed by atoms with E-state index in [2.05, 4.69) is 18.4 Å². The second-order valence-corrected chi connectivity index (χ2v) is 5.83. The first kappa shape index (κ1) is 18.7. The van der Waals surface area contributed by atoms with E-state index in [1.54, 1.807) is 6.07 Å². The van der Waals surface area contributed by atoms with Gasteiger partial charge in [0.05, 0.1) is 6.61 Å². The molecule has 0 amide bonds. The predicted octanol–water partition coefficient (Wildman–Crippen LogP) is 5.18. The maximum absolute atomic E-state index is 11.1. The molecule has 0 aliphatic rings. The maximum atomic E-state index is 11.1. The van der Waals surface area contributed by atoms with Crippen LogP contribution in [0.4, 0.5) is 0 Å². The molecule has 2 aromatic rings. The van der Waals surface area contributed by atoms with E-state index in [1.807, 2.05) is 54.6 Å². The molecule has 128 valence electrons. The summed E-state index contributed by atoms with van der Waals surface area (Å²) in [5.41, 5.74) is 2.49. The summed E-state index contributed by atoms with van der Waals surface area (Å²) in [7, 11) is 0. The van der Waals surface area contributed by atoms with E-state index in [9.17, 15) is 4.79 Å². The van der Waals surface area contributed by atoms with E-state index < -0.39 is 0 Å². The van der Waals surface area contributed by atoms with Crippen LogP contribution in [0.2, 0.25) is 0 Å². The highest BCUT2D eigenvalue weighted by molar-refractivity contribution is 5.79. The van der Waals surface area contributed by atoms with E-state index in [0.29, 0.717) is 12.2 Å². The van der Waals surface area contributed by atoms with Crippen molar-refractivity contribution in [3.8, 4) is 11.8 Å². The van der Waals surface area contributed by atoms with Crippen molar-refractivity contribution < 1.29 is 9.53 Å². The third-order valence-electron chi connectivity index (χ3n) is 3.87. The zero-order chi connectivity index (χ0) is 17.7. The van der Waals surface area contributed by atoms with Gasteiger partial charge in [-0.15, -0.1) is 6.58 Å². The van der Waals surface area contributed by atoms with Gasteiger partial charge in [0, 0.05) is 11.1 Å². The number of hydrogen-bond acceptors (Lipinski definition) is 2. The lowest BCUT2D eigenvalue weighted by Gasteiger charge is -2.12. The number of benzene rings is 2. The van der Waals surface area contributed by atoms with Crippen molar-refractivity contribution in [2.24, 2.45) is 0 Å². The normalized spacial score (nSPS) is 11.2. The zero-order valence-electron chi connectivity index (χ0n) is 14.5. The summed E-state index contributed by atoms with van der Waals surface area (Å²) in [5, 5.41) is 0. The molecule has 0 fully saturated rings. The lowest BCUT2D eigenvalue weighted by molar-refractivity contribution is 0.0710. The van der Waals surface area contributed by atoms with Crippen molar-refractivity contribution >= 4 is 6.29 Å². The van der Waals surface area contributed by atoms with Crippen molar-refractivity contribution in [3.05, 3.63) is 83.9 Å². The molecular weight excluding hydrogens is 308 g/mol. The summed E-state index contributed by atoms with van der Waals surface area (Å²) < 4.78 is 6.02. The van der Waals surface area contributed by atoms with Crippen molar-refractivity contribution in [1.82, 2.24) is 0 Å². The number of hydrogen-bond donors (Lipinski definition) is 0. The second-order valence-electron chi connectivity index (χ2n) is 5.83. The summed E-state index contributed by atoms with van der Waals surface area (Å²) in [6.07, 6.45) is 6.63. The molecule has 0 heterocycles. The molecule has 2 rings (SSSR count). The molecule has 0 saturated heterocycles. The van der Waals surface area contributed by atoms with Crippen LogP contribution in [-0.2, 0) is 11.3 Å². The van der Waals surface area contributed by atoms with Crippen LogP contribution >= 0.6 is 0 Å². The smallest absolute Gasteiger partial charge is 0.151 e. The van der Waals surface area contributed by atoms with E-state index in [1.165, 1.54) is 0 Å². The number of carbonyl (C=O) groups excluding carboxylic acids is 1. The third kappa shape index (κ3) is 6.79. The molecule has 1 atom stereocenters. The quantitative estimate of drug-likeness (QED) is 0.274. The van der Waals surface area contributed by atoms with Gasteiger partial charge in [-0.2, -0.15) is 0 Å². The van der Waals surface area contributed by atoms with E-state index >= 15 is 0 Å². The molecule has 0 aliphatic heterocycles. The average Bonchev–Trinajstić information content (AvgIpc) is 2.67. The van der Waals surface area contributed by atoms with E-state index in [0.717, 1.165) is 43.1 Å². The molecule has 2 aromatic carbocycles. The average molecular weight is 332 g/mol. The van der Waals surface area contributed by atoms with Gasteiger partial charge in [0.15, 0.2) is 6.29 Å². The summed E-state index contributed by atoms with van der Waals surface area (Å²) >= 11 is 0. The molecule has 0 radical (unpaired) electrons. The molecule has 2 heteroatoms. The minimum atomic E-state index is -0.148. The van der Waals surface area contributed by atoms with Gasteiger partial charge in [0.2, 0.25) is 0 Å². The first-order valence-corrected chi connectivity index (χ1v) is 8.65. The monoisotopic (exact) mass is 332 g/mol. The molecule has 0 saturated carbocycles. The van der Waals surface area contributed by atoms with E-state index in [-0.39, 0.29) is 6.10 Å². The Kier molecular flexibility index (Phi) is 8.24. The first-order chi connectivity index (χ1) is 12.3. The van der Waals surface area contributed by atoms with Crippen molar-refractivity contribution in [2.45, 2.75) is 38.4 Å². The highest BCUT2D eigenvalue weighted by Gasteiger charge is 2.06. The van der Waals surface area contributed by atoms with Crippen LogP contribution < -0.4 is 0 Å². The lowest BCUT2D eigenvalue weighted by Crippen LogP contribution is -2.10. The summed E-state index contributed by atoms with van der Waals surface area (Å²) in [5.74, 6) is 6.32. The van der Waals surface area contributed by atoms with Gasteiger partial charge in [-0.1, -0.05) is 66.4 Å². The predicted molar refractivity (Wildman–Crippen MR) is 102 cm³/mol. The van der Waals surface area contributed by atoms with Crippen molar-refractivity contribution in [3.63, 3.8) is 0 Å². The molecule has 0 aliphatic carbocycles. The Labute approximate surface area is 150 Å². The summed E-state index contributed by atoms with van der Waals surface area (Å²) in [6, 6.07) is 17.5. The Morgan fingerprint density at radius 2 is 1.80 bits per heavy atom. The molecule has 0 aromatic heterocycles. The van der Waals surface area contributed by atoms with Gasteiger partial charge in [-0.25, -0.2) is 0 Å². The van der Waals surface area contributed by atoms with Crippen LogP contribution in [0.1, 0.15) is 47.2 Å². The van der Waals surface area contributed by atoms with Crippen molar-refractivity contribution in [1.29, 1.82) is 0 Å². The molecular formula is C23H24O2. The number of unbranched alkanes of at least 4 members (excludes halogenated alkanes) is 2. The number of ether oxygens (including phenoxy) is 1. The first-order valence-electron chi connectivity index (χ1n) is 8.65. The summed E-state index contributed by atoms with van der Waals surface area (Å²) in [6.45, 7) is 4.29. The summed E-state index contributed by atoms with van der Waals surface area (Å²) in [4.78, 5) is 11.1. The van der Waals surface area contributed by atoms with Gasteiger partial charge >= 0.3 is 0 Å². The largest absolute Gasteiger partial charge is 0.361 e. The zero-order valence-corrected chi connectivity index (χ0v) is 14.5. The Balaban J connectivity index is 2.04. The Morgan fingerprint density at radius 1 is 1.04 bits per heavy atom. The topological polar surface area (TPSA) is 26.3 Å². The maximum Gasteiger partial charge on any atom is 0.151 e. The molecule has 0 N–H and O–H groups in total. The fourth-order valence-corrected chi connectivity index (χ4v) is 2.46. The van der Waals surface area contributed by atoms with Gasteiger partial charge in [0.25, 0.3) is 0 Å². The minimum absolute atomic E-state index is 0.148. The fourth-order valence-electron chi connectivity index (χ4n) is 2.46. The number of carbonyl (C=O) groups is 1. The van der Waals surface area contributed by atoms with E-state index in [4.69, 9.17) is 4.74 Å². The van der Waals surface area contributed by atoms with Crippen molar-refractivity contribution in [2.75, 3.05) is 0 Å². The van der Waals surface area contributed by atoms with Crippen LogP contribution in [0, 0.1) is 11.8 Å². The lowest BCUT2D eigenvalue weighted by atomic mass is 10.1. The highest BCUT2D eigenvalue weighted by atomic mass is 16.5. The third-order valence-corrected chi connectivity index (χ3v) is 3.87. The minimum Gasteiger partial charge on any atom is -0.361 e. The molecule has 0 bridgehead atoms. The Morgan fingerprint density at radius 3 is 2.56 bits per heavy atom. The van der Waals surface area contributed by atoms with Gasteiger partial charge in [-0.05, 0) is 37.3 Å². The Hall–Kier alpha value is -2.63. The number of aldehydes is 1. The SMILES string of the molecule is C=CCCCCC(C#Cc1ccccc1C=O)OCc1ccccc1. The van der Waals surface area contributed by atoms with Gasteiger partial charge in [0.1, 0.15) is 6.10 Å². The molecule has 1 unspecified atom stereocenters. The molecule has 2 nitrogen and oxygen atoms in total. The number of rotatable bonds is 9. The second kappa shape index (κ2) is 11.0. The standard InChI is InChI=1S/C23H24O2/c1-2-3-4-8-15-23(25-19-20-11-6-5-7-12-20)17-16-21-13-9-10-14-22(21)18-24/h2,5-7,9-14,18,23H,1,3-4,8,15,19H2. The fraction of sp³-hybridized carbons (Fsp3) is 0.261. The van der Waals surface area contributed by atoms with Gasteiger partial charge in [-0.3, -0.25) is 4.79 Å². The molecule has 0 spiro atoms. The van der Waals surface area contributed by atoms with Crippen LogP contribution in [0.5, 0.6) is 0 Å². The van der Waals surface area contributed by atoms with Crippen LogP contribution in [-0.4, -0.2) is 12.4 Å². The van der Waals surface area contributed by atoms with Crippen LogP contribution in [0.25, 0.3) is 0 Å². The Bertz CT molecular complexity index is 723. The number of allylic oxidation sites excluding steroid dienone is 1. The van der Waals surface area contributed by atoms with Gasteiger partial charge < -0.3 is 4.74 Å². The van der Waals surface area contributed by atoms with Crippen LogP contribution in [0.15, 0.2) is 67.3 Å². The highest BCUT2D eigenvalue weighted by Crippen LogP contribution is 2.11. The van der Waals surface area contributed by atoms with Crippen LogP contribution in [0.3, 0.4) is 0 Å².